The lowest BCUT2D eigenvalue weighted by atomic mass is 9.98. The lowest BCUT2D eigenvalue weighted by molar-refractivity contribution is -0.132. The third-order valence-electron chi connectivity index (χ3n) is 2.85. The first-order chi connectivity index (χ1) is 8.24. The molecule has 1 aromatic rings. The molecular formula is C12H17N3O3. The minimum Gasteiger partial charge on any atom is -0.466 e. The van der Waals surface area contributed by atoms with Gasteiger partial charge in [-0.1, -0.05) is 0 Å². The maximum Gasteiger partial charge on any atom is 0.325 e. The highest BCUT2D eigenvalue weighted by molar-refractivity contribution is 6.06. The summed E-state index contributed by atoms with van der Waals surface area (Å²) in [7, 11) is 0. The predicted molar refractivity (Wildman–Crippen MR) is 64.6 cm³/mol. The van der Waals surface area contributed by atoms with E-state index in [-0.39, 0.29) is 12.5 Å². The van der Waals surface area contributed by atoms with E-state index < -0.39 is 17.1 Å². The van der Waals surface area contributed by atoms with Crippen LogP contribution in [0.2, 0.25) is 0 Å². The van der Waals surface area contributed by atoms with Crippen molar-refractivity contribution in [2.45, 2.75) is 31.8 Å². The second-order valence-electron chi connectivity index (χ2n) is 5.41. The zero-order chi connectivity index (χ0) is 13.6. The van der Waals surface area contributed by atoms with Gasteiger partial charge in [0.15, 0.2) is 5.54 Å². The number of rotatable bonds is 3. The van der Waals surface area contributed by atoms with Crippen molar-refractivity contribution >= 4 is 11.9 Å². The molecule has 1 unspecified atom stereocenters. The molecule has 0 aliphatic carbocycles. The summed E-state index contributed by atoms with van der Waals surface area (Å²) in [6, 6.07) is 2.89. The van der Waals surface area contributed by atoms with E-state index in [4.69, 9.17) is 10.2 Å². The summed E-state index contributed by atoms with van der Waals surface area (Å²) in [5, 5.41) is 2.64. The van der Waals surface area contributed by atoms with Gasteiger partial charge in [0.2, 0.25) is 0 Å². The molecule has 1 aliphatic heterocycles. The standard InChI is InChI=1S/C12H17N3O3/c1-11(2,13)7-15-9(16)12(3,14-10(15)17)8-5-4-6-18-8/h4-6H,7,13H2,1-3H3,(H,14,17). The van der Waals surface area contributed by atoms with Gasteiger partial charge in [-0.25, -0.2) is 4.79 Å². The van der Waals surface area contributed by atoms with Crippen molar-refractivity contribution in [3.63, 3.8) is 0 Å². The van der Waals surface area contributed by atoms with E-state index in [2.05, 4.69) is 5.32 Å². The Morgan fingerprint density at radius 3 is 2.67 bits per heavy atom. The highest BCUT2D eigenvalue weighted by Gasteiger charge is 2.51. The van der Waals surface area contributed by atoms with E-state index >= 15 is 0 Å². The molecule has 3 amide bonds. The Labute approximate surface area is 105 Å². The monoisotopic (exact) mass is 251 g/mol. The number of carbonyl (C=O) groups excluding carboxylic acids is 2. The number of nitrogens with two attached hydrogens (primary N) is 1. The molecule has 0 bridgehead atoms. The number of nitrogens with zero attached hydrogens (tertiary/aromatic N) is 1. The van der Waals surface area contributed by atoms with E-state index in [1.165, 1.54) is 6.26 Å². The number of carbonyl (C=O) groups is 2. The fraction of sp³-hybridized carbons (Fsp3) is 0.500. The summed E-state index contributed by atoms with van der Waals surface area (Å²) in [6.45, 7) is 5.30. The van der Waals surface area contributed by atoms with Crippen LogP contribution in [-0.2, 0) is 10.3 Å². The van der Waals surface area contributed by atoms with Crippen LogP contribution in [0.4, 0.5) is 4.79 Å². The summed E-state index contributed by atoms with van der Waals surface area (Å²) in [5.41, 5.74) is 4.07. The van der Waals surface area contributed by atoms with Crippen LogP contribution >= 0.6 is 0 Å². The van der Waals surface area contributed by atoms with Crippen molar-refractivity contribution in [2.75, 3.05) is 6.54 Å². The zero-order valence-electron chi connectivity index (χ0n) is 10.7. The van der Waals surface area contributed by atoms with E-state index in [0.29, 0.717) is 5.76 Å². The Hall–Kier alpha value is -1.82. The third-order valence-corrected chi connectivity index (χ3v) is 2.85. The minimum absolute atomic E-state index is 0.161. The van der Waals surface area contributed by atoms with Crippen molar-refractivity contribution in [1.82, 2.24) is 10.2 Å². The number of hydrogen-bond donors (Lipinski definition) is 2. The van der Waals surface area contributed by atoms with Gasteiger partial charge >= 0.3 is 6.03 Å². The molecule has 98 valence electrons. The Kier molecular flexibility index (Phi) is 2.70. The van der Waals surface area contributed by atoms with Gasteiger partial charge in [0.05, 0.1) is 6.26 Å². The summed E-state index contributed by atoms with van der Waals surface area (Å²) >= 11 is 0. The highest BCUT2D eigenvalue weighted by Crippen LogP contribution is 2.29. The van der Waals surface area contributed by atoms with Crippen molar-refractivity contribution in [1.29, 1.82) is 0 Å². The highest BCUT2D eigenvalue weighted by atomic mass is 16.3. The molecule has 1 fully saturated rings. The van der Waals surface area contributed by atoms with Crippen molar-refractivity contribution in [2.24, 2.45) is 5.73 Å². The molecule has 0 saturated carbocycles. The normalized spacial score (nSPS) is 24.6. The van der Waals surface area contributed by atoms with Crippen LogP contribution < -0.4 is 11.1 Å². The van der Waals surface area contributed by atoms with Crippen LogP contribution in [0.5, 0.6) is 0 Å². The number of hydrogen-bond acceptors (Lipinski definition) is 4. The van der Waals surface area contributed by atoms with Crippen molar-refractivity contribution in [3.8, 4) is 0 Å². The zero-order valence-corrected chi connectivity index (χ0v) is 10.7. The SMILES string of the molecule is CC(C)(N)CN1C(=O)NC(C)(c2ccco2)C1=O. The first-order valence-corrected chi connectivity index (χ1v) is 5.71. The maximum atomic E-state index is 12.3. The van der Waals surface area contributed by atoms with Crippen LogP contribution in [0.25, 0.3) is 0 Å². The Balaban J connectivity index is 2.29. The molecule has 1 saturated heterocycles. The first-order valence-electron chi connectivity index (χ1n) is 5.71. The Bertz CT molecular complexity index is 475. The molecule has 1 atom stereocenters. The molecule has 2 heterocycles. The van der Waals surface area contributed by atoms with Gasteiger partial charge in [-0.3, -0.25) is 9.69 Å². The summed E-state index contributed by atoms with van der Waals surface area (Å²) in [5.74, 6) is 0.0687. The molecular weight excluding hydrogens is 234 g/mol. The number of furan rings is 1. The fourth-order valence-corrected chi connectivity index (χ4v) is 1.98. The molecule has 0 radical (unpaired) electrons. The van der Waals surface area contributed by atoms with Gasteiger partial charge in [-0.05, 0) is 32.9 Å². The molecule has 0 spiro atoms. The molecule has 0 aromatic carbocycles. The average molecular weight is 251 g/mol. The smallest absolute Gasteiger partial charge is 0.325 e. The van der Waals surface area contributed by atoms with E-state index in [1.54, 1.807) is 32.9 Å². The van der Waals surface area contributed by atoms with Gasteiger partial charge in [-0.15, -0.1) is 0 Å². The summed E-state index contributed by atoms with van der Waals surface area (Å²) in [4.78, 5) is 25.3. The van der Waals surface area contributed by atoms with Crippen molar-refractivity contribution in [3.05, 3.63) is 24.2 Å². The van der Waals surface area contributed by atoms with E-state index in [0.717, 1.165) is 4.90 Å². The maximum absolute atomic E-state index is 12.3. The topological polar surface area (TPSA) is 88.6 Å². The number of urea groups is 1. The van der Waals surface area contributed by atoms with Gasteiger partial charge in [0.1, 0.15) is 5.76 Å². The third kappa shape index (κ3) is 1.99. The predicted octanol–water partition coefficient (Wildman–Crippen LogP) is 0.784. The lowest BCUT2D eigenvalue weighted by Gasteiger charge is -2.25. The number of nitrogens with one attached hydrogen (secondary N) is 1. The number of amides is 3. The van der Waals surface area contributed by atoms with Crippen molar-refractivity contribution < 1.29 is 14.0 Å². The Morgan fingerprint density at radius 1 is 1.50 bits per heavy atom. The first kappa shape index (κ1) is 12.6. The van der Waals surface area contributed by atoms with Crippen LogP contribution in [0.3, 0.4) is 0 Å². The lowest BCUT2D eigenvalue weighted by Crippen LogP contribution is -2.48. The van der Waals surface area contributed by atoms with Gasteiger partial charge in [0.25, 0.3) is 5.91 Å². The van der Waals surface area contributed by atoms with Crippen LogP contribution in [0.1, 0.15) is 26.5 Å². The van der Waals surface area contributed by atoms with E-state index in [9.17, 15) is 9.59 Å². The van der Waals surface area contributed by atoms with E-state index in [1.807, 2.05) is 0 Å². The summed E-state index contributed by atoms with van der Waals surface area (Å²) in [6.07, 6.45) is 1.47. The van der Waals surface area contributed by atoms with Crippen LogP contribution in [0, 0.1) is 0 Å². The molecule has 3 N–H and O–H groups in total. The largest absolute Gasteiger partial charge is 0.466 e. The van der Waals surface area contributed by atoms with Gasteiger partial charge in [-0.2, -0.15) is 0 Å². The van der Waals surface area contributed by atoms with Gasteiger partial charge in [0, 0.05) is 12.1 Å². The second-order valence-corrected chi connectivity index (χ2v) is 5.41. The molecule has 1 aromatic heterocycles. The molecule has 1 aliphatic rings. The molecule has 6 nitrogen and oxygen atoms in total. The molecule has 6 heteroatoms. The second kappa shape index (κ2) is 3.84. The quantitative estimate of drug-likeness (QED) is 0.777. The average Bonchev–Trinajstić information content (AvgIpc) is 2.82. The summed E-state index contributed by atoms with van der Waals surface area (Å²) < 4.78 is 5.22. The molecule has 2 rings (SSSR count). The number of imide groups is 1. The molecule has 18 heavy (non-hydrogen) atoms. The van der Waals surface area contributed by atoms with Crippen LogP contribution in [0.15, 0.2) is 22.8 Å². The fourth-order valence-electron chi connectivity index (χ4n) is 1.98. The van der Waals surface area contributed by atoms with Crippen LogP contribution in [-0.4, -0.2) is 28.9 Å². The Morgan fingerprint density at radius 2 is 2.17 bits per heavy atom. The van der Waals surface area contributed by atoms with Gasteiger partial charge < -0.3 is 15.5 Å². The minimum atomic E-state index is -1.15.